The van der Waals surface area contributed by atoms with Crippen molar-refractivity contribution in [3.8, 4) is 22.8 Å². The summed E-state index contributed by atoms with van der Waals surface area (Å²) >= 11 is 3.41. The highest BCUT2D eigenvalue weighted by Gasteiger charge is 2.15. The molecule has 112 valence electrons. The maximum atomic E-state index is 12.6. The van der Waals surface area contributed by atoms with Crippen molar-refractivity contribution < 1.29 is 4.52 Å². The van der Waals surface area contributed by atoms with Gasteiger partial charge < -0.3 is 9.51 Å². The Balaban J connectivity index is 1.83. The van der Waals surface area contributed by atoms with Crippen molar-refractivity contribution >= 4 is 26.8 Å². The molecule has 23 heavy (non-hydrogen) atoms. The summed E-state index contributed by atoms with van der Waals surface area (Å²) in [4.78, 5) is 20.0. The number of aromatic amines is 1. The van der Waals surface area contributed by atoms with Crippen molar-refractivity contribution in [3.63, 3.8) is 0 Å². The van der Waals surface area contributed by atoms with Crippen LogP contribution >= 0.6 is 15.9 Å². The lowest BCUT2D eigenvalue weighted by Crippen LogP contribution is -2.06. The first-order valence-corrected chi connectivity index (χ1v) is 7.72. The van der Waals surface area contributed by atoms with Crippen LogP contribution < -0.4 is 5.43 Å². The van der Waals surface area contributed by atoms with Gasteiger partial charge in [-0.25, -0.2) is 0 Å². The van der Waals surface area contributed by atoms with Gasteiger partial charge in [0.1, 0.15) is 5.56 Å². The van der Waals surface area contributed by atoms with Crippen molar-refractivity contribution in [2.24, 2.45) is 0 Å². The molecule has 0 saturated heterocycles. The number of hydrogen-bond acceptors (Lipinski definition) is 4. The fourth-order valence-electron chi connectivity index (χ4n) is 2.40. The number of hydrogen-bond donors (Lipinski definition) is 1. The maximum absolute atomic E-state index is 12.6. The van der Waals surface area contributed by atoms with Crippen LogP contribution in [0.15, 0.2) is 68.5 Å². The quantitative estimate of drug-likeness (QED) is 0.580. The zero-order valence-electron chi connectivity index (χ0n) is 11.8. The molecule has 2 aromatic heterocycles. The topological polar surface area (TPSA) is 71.8 Å². The molecular weight excluding hydrogens is 358 g/mol. The molecule has 1 N–H and O–H groups in total. The van der Waals surface area contributed by atoms with Crippen LogP contribution in [0.2, 0.25) is 0 Å². The van der Waals surface area contributed by atoms with Gasteiger partial charge in [-0.05, 0) is 24.3 Å². The third kappa shape index (κ3) is 2.47. The third-order valence-corrected chi connectivity index (χ3v) is 4.02. The van der Waals surface area contributed by atoms with Gasteiger partial charge >= 0.3 is 0 Å². The highest BCUT2D eigenvalue weighted by molar-refractivity contribution is 9.10. The van der Waals surface area contributed by atoms with Crippen LogP contribution in [0.1, 0.15) is 0 Å². The summed E-state index contributed by atoms with van der Waals surface area (Å²) in [5.41, 5.74) is 1.81. The fraction of sp³-hybridized carbons (Fsp3) is 0. The summed E-state index contributed by atoms with van der Waals surface area (Å²) in [5, 5.41) is 4.56. The number of H-pyrrole nitrogens is 1. The Morgan fingerprint density at radius 2 is 1.96 bits per heavy atom. The molecule has 0 saturated carbocycles. The summed E-state index contributed by atoms with van der Waals surface area (Å²) < 4.78 is 6.20. The zero-order valence-corrected chi connectivity index (χ0v) is 13.4. The van der Waals surface area contributed by atoms with Gasteiger partial charge in [0.15, 0.2) is 0 Å². The van der Waals surface area contributed by atoms with E-state index in [0.29, 0.717) is 16.8 Å². The lowest BCUT2D eigenvalue weighted by molar-refractivity contribution is 0.432. The van der Waals surface area contributed by atoms with Crippen LogP contribution in [0, 0.1) is 0 Å². The average Bonchev–Trinajstić information content (AvgIpc) is 3.05. The van der Waals surface area contributed by atoms with Gasteiger partial charge in [0.2, 0.25) is 11.3 Å². The molecule has 2 heterocycles. The zero-order chi connectivity index (χ0) is 15.8. The lowest BCUT2D eigenvalue weighted by atomic mass is 10.1. The molecule has 0 bridgehead atoms. The normalized spacial score (nSPS) is 11.0. The molecular formula is C17H10BrN3O2. The fourth-order valence-corrected chi connectivity index (χ4v) is 2.80. The van der Waals surface area contributed by atoms with Gasteiger partial charge in [-0.15, -0.1) is 0 Å². The van der Waals surface area contributed by atoms with E-state index in [4.69, 9.17) is 4.52 Å². The third-order valence-electron chi connectivity index (χ3n) is 3.53. The number of nitrogens with one attached hydrogen (secondary N) is 1. The van der Waals surface area contributed by atoms with E-state index in [-0.39, 0.29) is 11.3 Å². The standard InChI is InChI=1S/C17H10BrN3O2/c18-11-5-3-4-10(8-11)16-20-17(23-21-16)13-9-19-14-7-2-1-6-12(14)15(13)22/h1-9H,(H,19,22). The highest BCUT2D eigenvalue weighted by atomic mass is 79.9. The molecule has 0 aliphatic heterocycles. The number of para-hydroxylation sites is 1. The van der Waals surface area contributed by atoms with Crippen molar-refractivity contribution in [2.75, 3.05) is 0 Å². The van der Waals surface area contributed by atoms with Crippen molar-refractivity contribution in [2.45, 2.75) is 0 Å². The minimum Gasteiger partial charge on any atom is -0.360 e. The first-order valence-electron chi connectivity index (χ1n) is 6.93. The molecule has 4 aromatic rings. The monoisotopic (exact) mass is 367 g/mol. The minimum atomic E-state index is -0.135. The Hall–Kier alpha value is -2.73. The van der Waals surface area contributed by atoms with Gasteiger partial charge in [0.05, 0.1) is 0 Å². The summed E-state index contributed by atoms with van der Waals surface area (Å²) in [6.07, 6.45) is 1.60. The summed E-state index contributed by atoms with van der Waals surface area (Å²) in [7, 11) is 0. The van der Waals surface area contributed by atoms with E-state index in [0.717, 1.165) is 15.6 Å². The predicted molar refractivity (Wildman–Crippen MR) is 91.0 cm³/mol. The maximum Gasteiger partial charge on any atom is 0.263 e. The largest absolute Gasteiger partial charge is 0.360 e. The SMILES string of the molecule is O=c1c(-c2nc(-c3cccc(Br)c3)no2)c[nH]c2ccccc12. The summed E-state index contributed by atoms with van der Waals surface area (Å²) in [6, 6.07) is 14.9. The van der Waals surface area contributed by atoms with E-state index in [1.54, 1.807) is 12.3 Å². The average molecular weight is 368 g/mol. The van der Waals surface area contributed by atoms with Gasteiger partial charge in [-0.1, -0.05) is 45.4 Å². The van der Waals surface area contributed by atoms with E-state index in [2.05, 4.69) is 31.1 Å². The number of halogens is 1. The van der Waals surface area contributed by atoms with E-state index >= 15 is 0 Å². The number of pyridine rings is 1. The molecule has 0 radical (unpaired) electrons. The van der Waals surface area contributed by atoms with Crippen LogP contribution in [0.25, 0.3) is 33.7 Å². The number of rotatable bonds is 2. The Labute approximate surface area is 139 Å². The van der Waals surface area contributed by atoms with Crippen molar-refractivity contribution in [3.05, 3.63) is 69.4 Å². The first kappa shape index (κ1) is 13.9. The molecule has 2 aromatic carbocycles. The van der Waals surface area contributed by atoms with E-state index in [1.807, 2.05) is 42.5 Å². The van der Waals surface area contributed by atoms with Gasteiger partial charge in [-0.2, -0.15) is 4.98 Å². The Bertz CT molecular complexity index is 1070. The molecule has 4 rings (SSSR count). The van der Waals surface area contributed by atoms with Gasteiger partial charge in [0.25, 0.3) is 5.89 Å². The number of benzene rings is 2. The second-order valence-electron chi connectivity index (χ2n) is 5.01. The summed E-state index contributed by atoms with van der Waals surface area (Å²) in [6.45, 7) is 0. The predicted octanol–water partition coefficient (Wildman–Crippen LogP) is 4.01. The van der Waals surface area contributed by atoms with Gasteiger partial charge in [0, 0.05) is 27.1 Å². The van der Waals surface area contributed by atoms with Crippen LogP contribution in [-0.2, 0) is 0 Å². The minimum absolute atomic E-state index is 0.135. The van der Waals surface area contributed by atoms with Crippen LogP contribution in [0.3, 0.4) is 0 Å². The molecule has 0 unspecified atom stereocenters. The van der Waals surface area contributed by atoms with Crippen LogP contribution in [0.5, 0.6) is 0 Å². The molecule has 0 fully saturated rings. The Morgan fingerprint density at radius 3 is 2.83 bits per heavy atom. The second-order valence-corrected chi connectivity index (χ2v) is 5.93. The second kappa shape index (κ2) is 5.48. The first-order chi connectivity index (χ1) is 11.2. The molecule has 5 nitrogen and oxygen atoms in total. The van der Waals surface area contributed by atoms with Crippen LogP contribution in [-0.4, -0.2) is 15.1 Å². The van der Waals surface area contributed by atoms with Crippen molar-refractivity contribution in [1.29, 1.82) is 0 Å². The lowest BCUT2D eigenvalue weighted by Gasteiger charge is -1.99. The molecule has 0 aliphatic carbocycles. The Morgan fingerprint density at radius 1 is 1.09 bits per heavy atom. The van der Waals surface area contributed by atoms with Crippen molar-refractivity contribution in [1.82, 2.24) is 15.1 Å². The molecule has 0 aliphatic rings. The Kier molecular flexibility index (Phi) is 3.31. The molecule has 0 spiro atoms. The van der Waals surface area contributed by atoms with Gasteiger partial charge in [-0.3, -0.25) is 4.79 Å². The summed E-state index contributed by atoms with van der Waals surface area (Å²) in [5.74, 6) is 0.640. The molecule has 6 heteroatoms. The number of fused-ring (bicyclic) bond motifs is 1. The highest BCUT2D eigenvalue weighted by Crippen LogP contribution is 2.23. The van der Waals surface area contributed by atoms with E-state index in [1.165, 1.54) is 0 Å². The number of aromatic nitrogens is 3. The number of nitrogens with zero attached hydrogens (tertiary/aromatic N) is 2. The molecule has 0 amide bonds. The van der Waals surface area contributed by atoms with E-state index < -0.39 is 0 Å². The molecule has 0 atom stereocenters. The van der Waals surface area contributed by atoms with E-state index in [9.17, 15) is 4.79 Å². The smallest absolute Gasteiger partial charge is 0.263 e. The van der Waals surface area contributed by atoms with Crippen LogP contribution in [0.4, 0.5) is 0 Å².